The minimum Gasteiger partial charge on any atom is -0.476 e. The second kappa shape index (κ2) is 6.29. The lowest BCUT2D eigenvalue weighted by Gasteiger charge is -2.17. The molecule has 2 rings (SSSR count). The third-order valence-corrected chi connectivity index (χ3v) is 3.06. The van der Waals surface area contributed by atoms with Crippen LogP contribution in [0.4, 0.5) is 5.69 Å². The predicted octanol–water partition coefficient (Wildman–Crippen LogP) is 1.90. The molecule has 0 radical (unpaired) electrons. The highest BCUT2D eigenvalue weighted by Gasteiger charge is 2.17. The maximum Gasteiger partial charge on any atom is 0.358 e. The number of aromatic nitrogens is 2. The summed E-state index contributed by atoms with van der Waals surface area (Å²) in [6, 6.07) is 7.30. The van der Waals surface area contributed by atoms with Crippen molar-refractivity contribution in [1.82, 2.24) is 10.2 Å². The van der Waals surface area contributed by atoms with Crippen LogP contribution in [0.3, 0.4) is 0 Å². The van der Waals surface area contributed by atoms with Crippen molar-refractivity contribution in [3.8, 4) is 0 Å². The molecule has 1 unspecified atom stereocenters. The zero-order valence-corrected chi connectivity index (χ0v) is 11.2. The molecule has 0 saturated heterocycles. The monoisotopic (exact) mass is 275 g/mol. The molecule has 0 aliphatic rings. The summed E-state index contributed by atoms with van der Waals surface area (Å²) in [4.78, 5) is 11.3. The van der Waals surface area contributed by atoms with Gasteiger partial charge in [0.1, 0.15) is 0 Å². The zero-order valence-electron chi connectivity index (χ0n) is 11.2. The number of benzene rings is 1. The molecule has 3 N–H and O–H groups in total. The minimum absolute atomic E-state index is 0.0351. The Morgan fingerprint density at radius 1 is 1.35 bits per heavy atom. The number of rotatable bonds is 6. The van der Waals surface area contributed by atoms with E-state index in [-0.39, 0.29) is 18.3 Å². The Hall–Kier alpha value is -2.21. The van der Waals surface area contributed by atoms with Gasteiger partial charge < -0.3 is 15.5 Å². The molecule has 1 aromatic heterocycles. The standard InChI is InChI=1S/C14H17N3O3/c1-9(5-4-8-18)15-12-10-6-2-3-7-11(10)16-17-13(12)14(19)20/h2-3,6-7,9,18H,4-5,8H2,1H3,(H,15,16)(H,19,20). The van der Waals surface area contributed by atoms with Crippen LogP contribution in [0.15, 0.2) is 24.3 Å². The highest BCUT2D eigenvalue weighted by atomic mass is 16.4. The van der Waals surface area contributed by atoms with E-state index in [0.717, 1.165) is 11.8 Å². The lowest BCUT2D eigenvalue weighted by Crippen LogP contribution is -2.19. The summed E-state index contributed by atoms with van der Waals surface area (Å²) in [6.45, 7) is 2.06. The van der Waals surface area contributed by atoms with Gasteiger partial charge in [-0.3, -0.25) is 0 Å². The van der Waals surface area contributed by atoms with Crippen molar-refractivity contribution in [2.75, 3.05) is 11.9 Å². The number of hydrogen-bond donors (Lipinski definition) is 3. The van der Waals surface area contributed by atoms with Gasteiger partial charge >= 0.3 is 5.97 Å². The van der Waals surface area contributed by atoms with Crippen molar-refractivity contribution < 1.29 is 15.0 Å². The fourth-order valence-corrected chi connectivity index (χ4v) is 2.07. The first-order chi connectivity index (χ1) is 9.63. The van der Waals surface area contributed by atoms with E-state index in [2.05, 4.69) is 15.5 Å². The second-order valence-corrected chi connectivity index (χ2v) is 4.66. The number of anilines is 1. The number of aliphatic hydroxyl groups excluding tert-OH is 1. The van der Waals surface area contributed by atoms with Gasteiger partial charge in [-0.1, -0.05) is 18.2 Å². The highest BCUT2D eigenvalue weighted by molar-refractivity contribution is 6.02. The molecule has 1 atom stereocenters. The Bertz CT molecular complexity index is 616. The van der Waals surface area contributed by atoms with Gasteiger partial charge in [0.2, 0.25) is 0 Å². The van der Waals surface area contributed by atoms with Crippen molar-refractivity contribution >= 4 is 22.6 Å². The number of aliphatic hydroxyl groups is 1. The summed E-state index contributed by atoms with van der Waals surface area (Å²) < 4.78 is 0. The summed E-state index contributed by atoms with van der Waals surface area (Å²) in [5, 5.41) is 29.7. The number of aromatic carboxylic acids is 1. The molecule has 6 nitrogen and oxygen atoms in total. The summed E-state index contributed by atoms with van der Waals surface area (Å²) in [5.74, 6) is -1.11. The molecule has 0 aliphatic heterocycles. The first-order valence-corrected chi connectivity index (χ1v) is 6.49. The quantitative estimate of drug-likeness (QED) is 0.745. The van der Waals surface area contributed by atoms with E-state index in [1.165, 1.54) is 0 Å². The molecule has 0 amide bonds. The molecule has 20 heavy (non-hydrogen) atoms. The molecule has 0 aliphatic carbocycles. The van der Waals surface area contributed by atoms with Crippen molar-refractivity contribution in [2.45, 2.75) is 25.8 Å². The predicted molar refractivity (Wildman–Crippen MR) is 75.9 cm³/mol. The van der Waals surface area contributed by atoms with Crippen LogP contribution < -0.4 is 5.32 Å². The largest absolute Gasteiger partial charge is 0.476 e. The third-order valence-electron chi connectivity index (χ3n) is 3.06. The molecular weight excluding hydrogens is 258 g/mol. The lowest BCUT2D eigenvalue weighted by atomic mass is 10.1. The van der Waals surface area contributed by atoms with E-state index < -0.39 is 5.97 Å². The number of fused-ring (bicyclic) bond motifs is 1. The Labute approximate surface area is 116 Å². The fraction of sp³-hybridized carbons (Fsp3) is 0.357. The average Bonchev–Trinajstić information content (AvgIpc) is 2.45. The Balaban J connectivity index is 2.41. The normalized spacial score (nSPS) is 12.3. The van der Waals surface area contributed by atoms with Crippen LogP contribution in [0.5, 0.6) is 0 Å². The molecule has 1 aromatic carbocycles. The van der Waals surface area contributed by atoms with Crippen LogP contribution in [-0.4, -0.2) is 39.0 Å². The molecule has 2 aromatic rings. The van der Waals surface area contributed by atoms with E-state index in [1.54, 1.807) is 6.07 Å². The number of carboxylic acids is 1. The van der Waals surface area contributed by atoms with E-state index in [1.807, 2.05) is 25.1 Å². The molecule has 0 fully saturated rings. The summed E-state index contributed by atoms with van der Waals surface area (Å²) >= 11 is 0. The topological polar surface area (TPSA) is 95.3 Å². The second-order valence-electron chi connectivity index (χ2n) is 4.66. The molecular formula is C14H17N3O3. The first kappa shape index (κ1) is 14.2. The third kappa shape index (κ3) is 3.03. The van der Waals surface area contributed by atoms with E-state index >= 15 is 0 Å². The molecule has 0 spiro atoms. The van der Waals surface area contributed by atoms with Crippen molar-refractivity contribution in [1.29, 1.82) is 0 Å². The fourth-order valence-electron chi connectivity index (χ4n) is 2.07. The van der Waals surface area contributed by atoms with Crippen LogP contribution in [0.25, 0.3) is 10.9 Å². The van der Waals surface area contributed by atoms with Gasteiger partial charge in [-0.25, -0.2) is 4.79 Å². The number of carbonyl (C=O) groups is 1. The Morgan fingerprint density at radius 3 is 2.80 bits per heavy atom. The first-order valence-electron chi connectivity index (χ1n) is 6.49. The van der Waals surface area contributed by atoms with E-state index in [4.69, 9.17) is 5.11 Å². The van der Waals surface area contributed by atoms with Crippen LogP contribution >= 0.6 is 0 Å². The number of nitrogens with zero attached hydrogens (tertiary/aromatic N) is 2. The number of carboxylic acid groups (broad SMARTS) is 1. The Kier molecular flexibility index (Phi) is 4.47. The van der Waals surface area contributed by atoms with E-state index in [0.29, 0.717) is 17.6 Å². The maximum absolute atomic E-state index is 11.3. The van der Waals surface area contributed by atoms with Gasteiger partial charge in [-0.2, -0.15) is 0 Å². The zero-order chi connectivity index (χ0) is 14.5. The SMILES string of the molecule is CC(CCCO)Nc1c(C(=O)O)nnc2ccccc12. The van der Waals surface area contributed by atoms with Gasteiger partial charge in [-0.05, 0) is 25.8 Å². The van der Waals surface area contributed by atoms with Gasteiger partial charge in [0, 0.05) is 18.0 Å². The van der Waals surface area contributed by atoms with Crippen LogP contribution in [0.1, 0.15) is 30.3 Å². The van der Waals surface area contributed by atoms with Gasteiger partial charge in [0.15, 0.2) is 5.69 Å². The summed E-state index contributed by atoms with van der Waals surface area (Å²) in [5.41, 5.74) is 1.04. The molecule has 0 saturated carbocycles. The van der Waals surface area contributed by atoms with Gasteiger partial charge in [-0.15, -0.1) is 10.2 Å². The number of nitrogens with one attached hydrogen (secondary N) is 1. The van der Waals surface area contributed by atoms with Crippen LogP contribution in [0, 0.1) is 0 Å². The smallest absolute Gasteiger partial charge is 0.358 e. The minimum atomic E-state index is -1.11. The van der Waals surface area contributed by atoms with Crippen LogP contribution in [-0.2, 0) is 0 Å². The van der Waals surface area contributed by atoms with Gasteiger partial charge in [0.25, 0.3) is 0 Å². The number of hydrogen-bond acceptors (Lipinski definition) is 5. The molecule has 106 valence electrons. The average molecular weight is 275 g/mol. The lowest BCUT2D eigenvalue weighted by molar-refractivity contribution is 0.0690. The Morgan fingerprint density at radius 2 is 2.10 bits per heavy atom. The van der Waals surface area contributed by atoms with Gasteiger partial charge in [0.05, 0.1) is 11.2 Å². The van der Waals surface area contributed by atoms with E-state index in [9.17, 15) is 9.90 Å². The van der Waals surface area contributed by atoms with Crippen molar-refractivity contribution in [2.24, 2.45) is 0 Å². The van der Waals surface area contributed by atoms with Crippen molar-refractivity contribution in [3.05, 3.63) is 30.0 Å². The molecule has 6 heteroatoms. The summed E-state index contributed by atoms with van der Waals surface area (Å²) in [6.07, 6.45) is 1.40. The molecule has 1 heterocycles. The maximum atomic E-state index is 11.3. The molecule has 0 bridgehead atoms. The summed E-state index contributed by atoms with van der Waals surface area (Å²) in [7, 11) is 0. The highest BCUT2D eigenvalue weighted by Crippen LogP contribution is 2.25. The van der Waals surface area contributed by atoms with Crippen LogP contribution in [0.2, 0.25) is 0 Å². The van der Waals surface area contributed by atoms with Crippen molar-refractivity contribution in [3.63, 3.8) is 0 Å².